The van der Waals surface area contributed by atoms with Gasteiger partial charge in [-0.05, 0) is 0 Å². The number of alkyl halides is 2. The molecule has 17 nitrogen and oxygen atoms in total. The van der Waals surface area contributed by atoms with Gasteiger partial charge in [-0.3, -0.25) is 24.0 Å². The number of carbonyl (C=O) groups excluding carboxylic acids is 5. The molecule has 10 atom stereocenters. The quantitative estimate of drug-likeness (QED) is 0.0624. The van der Waals surface area contributed by atoms with E-state index in [0.29, 0.717) is 0 Å². The van der Waals surface area contributed by atoms with E-state index in [1.807, 2.05) is 0 Å². The van der Waals surface area contributed by atoms with E-state index in [0.717, 1.165) is 0 Å². The summed E-state index contributed by atoms with van der Waals surface area (Å²) in [6.45, 7) is 7.15. The number of halogens is 3. The van der Waals surface area contributed by atoms with Crippen LogP contribution in [0.2, 0.25) is 0 Å². The van der Waals surface area contributed by atoms with Crippen molar-refractivity contribution in [3.63, 3.8) is 0 Å². The molecule has 0 aromatic rings. The zero-order valence-corrected chi connectivity index (χ0v) is 29.8. The summed E-state index contributed by atoms with van der Waals surface area (Å²) >= 11 is 9.53. The Morgan fingerprint density at radius 3 is 1.67 bits per heavy atom. The summed E-state index contributed by atoms with van der Waals surface area (Å²) < 4.78 is 32.1. The van der Waals surface area contributed by atoms with Crippen LogP contribution >= 0.6 is 23.2 Å². The van der Waals surface area contributed by atoms with E-state index in [1.54, 1.807) is 34.6 Å². The standard InChI is InChI=1S/C21H33NO10.C6H13NO5.CH2Cl2.ClH/c1-6-13(23)22-18-20(31-16(26)9-4)19(30-15(25)8-3)12(11-28-14(24)7-2)29-21(18)32-17(27)10-5;7-3-5(10)4(9)2(1-8)12-6(3)11;2-1-3;/h12,18-21H,6-11H2,1-5H3,(H,22,23);2-6,8-11H,1,7H2;1H2;1H/t12?,18?,19-,20-,21?;2?,3?,4-,5-,6?;;/m11../s1. The molecule has 2 aliphatic heterocycles. The van der Waals surface area contributed by atoms with Crippen molar-refractivity contribution < 1.29 is 91.0 Å². The number of esters is 4. The highest BCUT2D eigenvalue weighted by molar-refractivity contribution is 6.40. The van der Waals surface area contributed by atoms with Gasteiger partial charge >= 0.3 is 23.9 Å². The first-order valence-electron chi connectivity index (χ1n) is 15.1. The lowest BCUT2D eigenvalue weighted by Gasteiger charge is -2.44. The van der Waals surface area contributed by atoms with Gasteiger partial charge in [-0.15, -0.1) is 23.2 Å². The first-order chi connectivity index (χ1) is 22.2. The Morgan fingerprint density at radius 2 is 1.21 bits per heavy atom. The molecule has 2 fully saturated rings. The number of aliphatic hydroxyl groups excluding tert-OH is 4. The van der Waals surface area contributed by atoms with E-state index in [4.69, 9.17) is 61.8 Å². The Morgan fingerprint density at radius 1 is 0.729 bits per heavy atom. The molecular formula is C28H49Cl3N2O15. The van der Waals surface area contributed by atoms with Crippen LogP contribution in [0, 0.1) is 0 Å². The molecule has 0 spiro atoms. The molecule has 2 saturated heterocycles. The van der Waals surface area contributed by atoms with Crippen molar-refractivity contribution in [1.29, 1.82) is 0 Å². The lowest BCUT2D eigenvalue weighted by Crippen LogP contribution is -3.00. The van der Waals surface area contributed by atoms with Gasteiger partial charge in [-0.1, -0.05) is 34.6 Å². The summed E-state index contributed by atoms with van der Waals surface area (Å²) in [6, 6.07) is -1.94. The number of aliphatic hydroxyl groups is 4. The number of ether oxygens (including phenoxy) is 6. The Labute approximate surface area is 295 Å². The molecule has 2 rings (SSSR count). The summed E-state index contributed by atoms with van der Waals surface area (Å²) in [5.41, 5.74) is 3.41. The summed E-state index contributed by atoms with van der Waals surface area (Å²) in [4.78, 5) is 60.2. The molecule has 0 aliphatic carbocycles. The second-order valence-corrected chi connectivity index (χ2v) is 10.8. The van der Waals surface area contributed by atoms with Crippen molar-refractivity contribution >= 4 is 53.0 Å². The number of carbonyl (C=O) groups is 5. The van der Waals surface area contributed by atoms with Crippen molar-refractivity contribution in [2.24, 2.45) is 0 Å². The summed E-state index contributed by atoms with van der Waals surface area (Å²) in [6.07, 6.45) is -9.22. The molecule has 0 radical (unpaired) electrons. The van der Waals surface area contributed by atoms with Crippen molar-refractivity contribution in [2.75, 3.05) is 18.6 Å². The number of hydrogen-bond acceptors (Lipinski definition) is 15. The van der Waals surface area contributed by atoms with Crippen LogP contribution in [0.3, 0.4) is 0 Å². The zero-order valence-electron chi connectivity index (χ0n) is 27.6. The van der Waals surface area contributed by atoms with Crippen LogP contribution in [0.5, 0.6) is 0 Å². The third-order valence-corrected chi connectivity index (χ3v) is 6.67. The van der Waals surface area contributed by atoms with E-state index in [9.17, 15) is 34.2 Å². The van der Waals surface area contributed by atoms with Crippen LogP contribution in [0.15, 0.2) is 0 Å². The Balaban J connectivity index is 0. The minimum Gasteiger partial charge on any atom is -1.00 e. The Bertz CT molecular complexity index is 978. The van der Waals surface area contributed by atoms with Gasteiger partial charge in [-0.25, -0.2) is 0 Å². The maximum absolute atomic E-state index is 12.2. The second-order valence-electron chi connectivity index (χ2n) is 9.98. The molecular weight excluding hydrogens is 711 g/mol. The minimum absolute atomic E-state index is 0. The fourth-order valence-corrected chi connectivity index (χ4v) is 3.98. The van der Waals surface area contributed by atoms with E-state index in [1.165, 1.54) is 0 Å². The van der Waals surface area contributed by atoms with Gasteiger partial charge in [0, 0.05) is 32.1 Å². The van der Waals surface area contributed by atoms with Crippen molar-refractivity contribution in [1.82, 2.24) is 5.32 Å². The maximum atomic E-state index is 12.2. The SMILES string of the molecule is CCC(=O)NC1C(OC(=O)CC)OC(COC(=O)CC)[C@@H](OC(=O)CC)[C@@H]1OC(=O)CC.ClCCl.[Cl-].[NH3+]C1C(O)OC(CO)[C@@H](O)[C@@H]1O. The smallest absolute Gasteiger partial charge is 0.307 e. The number of amides is 1. The van der Waals surface area contributed by atoms with Gasteiger partial charge in [0.25, 0.3) is 0 Å². The number of rotatable bonds is 12. The van der Waals surface area contributed by atoms with Crippen LogP contribution in [0.25, 0.3) is 0 Å². The molecule has 8 N–H and O–H groups in total. The zero-order chi connectivity index (χ0) is 36.3. The topological polar surface area (TPSA) is 261 Å². The number of quaternary nitrogens is 1. The van der Waals surface area contributed by atoms with Gasteiger partial charge < -0.3 is 72.3 Å². The van der Waals surface area contributed by atoms with Crippen molar-refractivity contribution in [3.8, 4) is 0 Å². The highest BCUT2D eigenvalue weighted by atomic mass is 35.5. The third kappa shape index (κ3) is 16.1. The Kier molecular flexibility index (Phi) is 25.9. The first-order valence-corrected chi connectivity index (χ1v) is 16.2. The average molecular weight is 760 g/mol. The summed E-state index contributed by atoms with van der Waals surface area (Å²) in [5.74, 6) is -2.83. The molecule has 282 valence electrons. The molecule has 0 aromatic heterocycles. The van der Waals surface area contributed by atoms with E-state index >= 15 is 0 Å². The lowest BCUT2D eigenvalue weighted by molar-refractivity contribution is -0.497. The first kappa shape index (κ1) is 48.1. The summed E-state index contributed by atoms with van der Waals surface area (Å²) in [7, 11) is 0. The van der Waals surface area contributed by atoms with Gasteiger partial charge in [0.1, 0.15) is 37.1 Å². The summed E-state index contributed by atoms with van der Waals surface area (Å²) in [5, 5.41) is 39.1. The molecule has 2 aliphatic rings. The highest BCUT2D eigenvalue weighted by Gasteiger charge is 2.52. The average Bonchev–Trinajstić information content (AvgIpc) is 3.06. The number of nitrogens with one attached hydrogen (secondary N) is 1. The molecule has 0 aromatic carbocycles. The van der Waals surface area contributed by atoms with Crippen LogP contribution in [-0.4, -0.2) is 130 Å². The normalized spacial score (nSPS) is 29.2. The highest BCUT2D eigenvalue weighted by Crippen LogP contribution is 2.29. The maximum Gasteiger partial charge on any atom is 0.307 e. The fourth-order valence-electron chi connectivity index (χ4n) is 3.98. The predicted molar refractivity (Wildman–Crippen MR) is 162 cm³/mol. The van der Waals surface area contributed by atoms with Crippen LogP contribution in [0.4, 0.5) is 0 Å². The van der Waals surface area contributed by atoms with E-state index in [-0.39, 0.29) is 56.5 Å². The minimum atomic E-state index is -1.37. The van der Waals surface area contributed by atoms with Crippen LogP contribution < -0.4 is 23.5 Å². The molecule has 0 saturated carbocycles. The van der Waals surface area contributed by atoms with E-state index < -0.39 is 97.7 Å². The third-order valence-electron chi connectivity index (χ3n) is 6.67. The predicted octanol–water partition coefficient (Wildman–Crippen LogP) is -4.39. The second kappa shape index (κ2) is 25.8. The number of hydrogen-bond donors (Lipinski definition) is 6. The van der Waals surface area contributed by atoms with E-state index in [2.05, 4.69) is 11.1 Å². The van der Waals surface area contributed by atoms with Crippen LogP contribution in [0.1, 0.15) is 66.7 Å². The fraction of sp³-hybridized carbons (Fsp3) is 0.821. The molecule has 48 heavy (non-hydrogen) atoms. The lowest BCUT2D eigenvalue weighted by atomic mass is 9.95. The Hall–Kier alpha value is -2.06. The largest absolute Gasteiger partial charge is 1.00 e. The van der Waals surface area contributed by atoms with Gasteiger partial charge in [-0.2, -0.15) is 0 Å². The molecule has 20 heteroatoms. The monoisotopic (exact) mass is 758 g/mol. The van der Waals surface area contributed by atoms with Gasteiger partial charge in [0.05, 0.1) is 11.9 Å². The molecule has 2 heterocycles. The van der Waals surface area contributed by atoms with Crippen LogP contribution in [-0.2, 0) is 52.4 Å². The van der Waals surface area contributed by atoms with Gasteiger partial charge in [0.15, 0.2) is 18.2 Å². The molecule has 6 unspecified atom stereocenters. The molecule has 1 amide bonds. The van der Waals surface area contributed by atoms with Gasteiger partial charge in [0.2, 0.25) is 18.5 Å². The van der Waals surface area contributed by atoms with Crippen molar-refractivity contribution in [2.45, 2.75) is 128 Å². The molecule has 0 bridgehead atoms. The van der Waals surface area contributed by atoms with Crippen molar-refractivity contribution in [3.05, 3.63) is 0 Å².